The quantitative estimate of drug-likeness (QED) is 0.837. The third-order valence-electron chi connectivity index (χ3n) is 2.77. The zero-order valence-corrected chi connectivity index (χ0v) is 11.9. The highest BCUT2D eigenvalue weighted by molar-refractivity contribution is 5.23. The van der Waals surface area contributed by atoms with Crippen molar-refractivity contribution in [3.63, 3.8) is 0 Å². The third-order valence-corrected chi connectivity index (χ3v) is 2.77. The lowest BCUT2D eigenvalue weighted by molar-refractivity contribution is 0.269. The second-order valence-electron chi connectivity index (χ2n) is 5.19. The van der Waals surface area contributed by atoms with Crippen LogP contribution in [0.25, 0.3) is 0 Å². The first-order chi connectivity index (χ1) is 9.63. The van der Waals surface area contributed by atoms with Gasteiger partial charge in [0.2, 0.25) is 0 Å². The summed E-state index contributed by atoms with van der Waals surface area (Å²) in [6.07, 6.45) is 1.72. The molecule has 0 fully saturated rings. The van der Waals surface area contributed by atoms with Gasteiger partial charge < -0.3 is 14.5 Å². The van der Waals surface area contributed by atoms with Crippen LogP contribution in [0.15, 0.2) is 41.0 Å². The van der Waals surface area contributed by atoms with Gasteiger partial charge in [0.25, 0.3) is 0 Å². The van der Waals surface area contributed by atoms with Crippen LogP contribution in [-0.2, 0) is 13.2 Å². The Morgan fingerprint density at radius 3 is 2.90 bits per heavy atom. The van der Waals surface area contributed by atoms with Gasteiger partial charge in [-0.2, -0.15) is 0 Å². The first-order valence-electron chi connectivity index (χ1n) is 6.79. The summed E-state index contributed by atoms with van der Waals surface area (Å²) < 4.78 is 23.9. The van der Waals surface area contributed by atoms with Crippen molar-refractivity contribution in [1.82, 2.24) is 5.32 Å². The van der Waals surface area contributed by atoms with Gasteiger partial charge in [0.15, 0.2) is 0 Å². The molecule has 4 heteroatoms. The van der Waals surface area contributed by atoms with E-state index in [-0.39, 0.29) is 5.82 Å². The SMILES string of the molecule is CC(C)CNCc1coc(COc2cccc(F)c2)c1. The van der Waals surface area contributed by atoms with Gasteiger partial charge in [-0.1, -0.05) is 19.9 Å². The molecule has 108 valence electrons. The van der Waals surface area contributed by atoms with E-state index in [1.165, 1.54) is 12.1 Å². The second-order valence-corrected chi connectivity index (χ2v) is 5.19. The van der Waals surface area contributed by atoms with E-state index >= 15 is 0 Å². The van der Waals surface area contributed by atoms with Crippen molar-refractivity contribution < 1.29 is 13.5 Å². The lowest BCUT2D eigenvalue weighted by Crippen LogP contribution is -2.18. The predicted octanol–water partition coefficient (Wildman–Crippen LogP) is 3.74. The highest BCUT2D eigenvalue weighted by Gasteiger charge is 2.04. The summed E-state index contributed by atoms with van der Waals surface area (Å²) in [6.45, 7) is 6.39. The standard InChI is InChI=1S/C16H20FNO2/c1-12(2)8-18-9-13-6-16(19-10-13)11-20-15-5-3-4-14(17)7-15/h3-7,10,12,18H,8-9,11H2,1-2H3. The fourth-order valence-corrected chi connectivity index (χ4v) is 1.81. The summed E-state index contributed by atoms with van der Waals surface area (Å²) in [6, 6.07) is 8.03. The molecule has 0 saturated heterocycles. The van der Waals surface area contributed by atoms with Crippen LogP contribution in [0.2, 0.25) is 0 Å². The molecule has 0 radical (unpaired) electrons. The van der Waals surface area contributed by atoms with E-state index in [0.717, 1.165) is 24.4 Å². The molecule has 0 aliphatic carbocycles. The molecule has 0 bridgehead atoms. The minimum atomic E-state index is -0.305. The number of benzene rings is 1. The van der Waals surface area contributed by atoms with Gasteiger partial charge in [-0.25, -0.2) is 4.39 Å². The molecule has 0 amide bonds. The summed E-state index contributed by atoms with van der Waals surface area (Å²) in [5.74, 6) is 1.55. The second kappa shape index (κ2) is 7.10. The average molecular weight is 277 g/mol. The summed E-state index contributed by atoms with van der Waals surface area (Å²) in [5.41, 5.74) is 1.09. The number of hydrogen-bond donors (Lipinski definition) is 1. The van der Waals surface area contributed by atoms with Crippen LogP contribution >= 0.6 is 0 Å². The fourth-order valence-electron chi connectivity index (χ4n) is 1.81. The topological polar surface area (TPSA) is 34.4 Å². The van der Waals surface area contributed by atoms with Crippen molar-refractivity contribution in [3.8, 4) is 5.75 Å². The Morgan fingerprint density at radius 2 is 2.15 bits per heavy atom. The predicted molar refractivity (Wildman–Crippen MR) is 76.0 cm³/mol. The molecule has 0 unspecified atom stereocenters. The van der Waals surface area contributed by atoms with E-state index in [2.05, 4.69) is 19.2 Å². The normalized spacial score (nSPS) is 11.0. The maximum absolute atomic E-state index is 13.0. The van der Waals surface area contributed by atoms with Crippen LogP contribution in [-0.4, -0.2) is 6.54 Å². The van der Waals surface area contributed by atoms with Gasteiger partial charge in [-0.05, 0) is 30.7 Å². The summed E-state index contributed by atoms with van der Waals surface area (Å²) in [4.78, 5) is 0. The number of halogens is 1. The van der Waals surface area contributed by atoms with Gasteiger partial charge >= 0.3 is 0 Å². The van der Waals surface area contributed by atoms with Gasteiger partial charge in [0, 0.05) is 18.2 Å². The lowest BCUT2D eigenvalue weighted by atomic mass is 10.2. The Morgan fingerprint density at radius 1 is 1.30 bits per heavy atom. The van der Waals surface area contributed by atoms with E-state index < -0.39 is 0 Å². The molecule has 1 aromatic heterocycles. The van der Waals surface area contributed by atoms with E-state index in [1.54, 1.807) is 18.4 Å². The molecule has 2 aromatic rings. The Labute approximate surface area is 118 Å². The highest BCUT2D eigenvalue weighted by atomic mass is 19.1. The summed E-state index contributed by atoms with van der Waals surface area (Å²) in [7, 11) is 0. The van der Waals surface area contributed by atoms with Crippen molar-refractivity contribution in [3.05, 3.63) is 53.7 Å². The zero-order chi connectivity index (χ0) is 14.4. The molecule has 0 aliphatic heterocycles. The van der Waals surface area contributed by atoms with E-state index in [1.807, 2.05) is 6.07 Å². The van der Waals surface area contributed by atoms with Gasteiger partial charge in [-0.15, -0.1) is 0 Å². The minimum Gasteiger partial charge on any atom is -0.486 e. The first-order valence-corrected chi connectivity index (χ1v) is 6.79. The maximum atomic E-state index is 13.0. The van der Waals surface area contributed by atoms with Crippen LogP contribution in [0.3, 0.4) is 0 Å². The Balaban J connectivity index is 1.80. The largest absolute Gasteiger partial charge is 0.486 e. The maximum Gasteiger partial charge on any atom is 0.146 e. The molecule has 2 rings (SSSR count). The van der Waals surface area contributed by atoms with Crippen LogP contribution in [0.4, 0.5) is 4.39 Å². The van der Waals surface area contributed by atoms with Crippen LogP contribution < -0.4 is 10.1 Å². The third kappa shape index (κ3) is 4.70. The molecule has 1 N–H and O–H groups in total. The summed E-state index contributed by atoms with van der Waals surface area (Å²) in [5, 5.41) is 3.35. The van der Waals surface area contributed by atoms with Crippen molar-refractivity contribution in [2.45, 2.75) is 27.0 Å². The monoisotopic (exact) mass is 277 g/mol. The van der Waals surface area contributed by atoms with E-state index in [0.29, 0.717) is 18.3 Å². The van der Waals surface area contributed by atoms with Crippen LogP contribution in [0.1, 0.15) is 25.2 Å². The molecular weight excluding hydrogens is 257 g/mol. The molecule has 1 aromatic carbocycles. The molecular formula is C16H20FNO2. The Kier molecular flexibility index (Phi) is 5.18. The summed E-state index contributed by atoms with van der Waals surface area (Å²) >= 11 is 0. The number of hydrogen-bond acceptors (Lipinski definition) is 3. The fraction of sp³-hybridized carbons (Fsp3) is 0.375. The molecule has 20 heavy (non-hydrogen) atoms. The molecule has 1 heterocycles. The van der Waals surface area contributed by atoms with Crippen molar-refractivity contribution >= 4 is 0 Å². The molecule has 0 atom stereocenters. The minimum absolute atomic E-state index is 0.299. The van der Waals surface area contributed by atoms with Crippen LogP contribution in [0, 0.1) is 11.7 Å². The molecule has 0 saturated carbocycles. The number of ether oxygens (including phenoxy) is 1. The van der Waals surface area contributed by atoms with Gasteiger partial charge in [0.1, 0.15) is 23.9 Å². The number of rotatable bonds is 7. The highest BCUT2D eigenvalue weighted by Crippen LogP contribution is 2.15. The Bertz CT molecular complexity index is 537. The van der Waals surface area contributed by atoms with Crippen molar-refractivity contribution in [2.75, 3.05) is 6.54 Å². The number of nitrogens with one attached hydrogen (secondary N) is 1. The average Bonchev–Trinajstić information content (AvgIpc) is 2.84. The van der Waals surface area contributed by atoms with Crippen LogP contribution in [0.5, 0.6) is 5.75 Å². The van der Waals surface area contributed by atoms with E-state index in [9.17, 15) is 4.39 Å². The first kappa shape index (κ1) is 14.6. The zero-order valence-electron chi connectivity index (χ0n) is 11.9. The molecule has 3 nitrogen and oxygen atoms in total. The Hall–Kier alpha value is -1.81. The van der Waals surface area contributed by atoms with Gasteiger partial charge in [-0.3, -0.25) is 0 Å². The lowest BCUT2D eigenvalue weighted by Gasteiger charge is -2.05. The smallest absolute Gasteiger partial charge is 0.146 e. The molecule has 0 aliphatic rings. The van der Waals surface area contributed by atoms with Crippen molar-refractivity contribution in [2.24, 2.45) is 5.92 Å². The van der Waals surface area contributed by atoms with Gasteiger partial charge in [0.05, 0.1) is 6.26 Å². The van der Waals surface area contributed by atoms with Crippen molar-refractivity contribution in [1.29, 1.82) is 0 Å². The van der Waals surface area contributed by atoms with E-state index in [4.69, 9.17) is 9.15 Å². The number of furan rings is 1. The molecule has 0 spiro atoms.